The number of benzene rings is 3. The van der Waals surface area contributed by atoms with Gasteiger partial charge in [-0.15, -0.1) is 0 Å². The van der Waals surface area contributed by atoms with Crippen LogP contribution in [0.5, 0.6) is 0 Å². The number of carbonyl (C=O) groups is 3. The molecule has 5 nitrogen and oxygen atoms in total. The average Bonchev–Trinajstić information content (AvgIpc) is 3.05. The SMILES string of the molecule is O=C(Nc1ccccc1C(F)(F)F)c1ccccc1N1C(=O)c2c(Cl)c(Cl)c(Cl)c(Cl)c2C1=O. The summed E-state index contributed by atoms with van der Waals surface area (Å²) in [5.74, 6) is -2.85. The first kappa shape index (κ1) is 24.3. The summed E-state index contributed by atoms with van der Waals surface area (Å²) < 4.78 is 40.0. The Balaban J connectivity index is 1.78. The number of fused-ring (bicyclic) bond motifs is 1. The number of hydrogen-bond donors (Lipinski definition) is 1. The Morgan fingerprint density at radius 1 is 0.765 bits per heavy atom. The van der Waals surface area contributed by atoms with Crippen LogP contribution in [0.15, 0.2) is 48.5 Å². The van der Waals surface area contributed by atoms with Gasteiger partial charge in [-0.25, -0.2) is 4.90 Å². The molecule has 0 radical (unpaired) electrons. The van der Waals surface area contributed by atoms with Crippen molar-refractivity contribution in [1.29, 1.82) is 0 Å². The number of halogens is 7. The van der Waals surface area contributed by atoms with Gasteiger partial charge in [0.2, 0.25) is 0 Å². The van der Waals surface area contributed by atoms with Crippen LogP contribution in [0.2, 0.25) is 20.1 Å². The Bertz CT molecular complexity index is 1350. The zero-order chi connectivity index (χ0) is 24.9. The van der Waals surface area contributed by atoms with Crippen LogP contribution < -0.4 is 10.2 Å². The van der Waals surface area contributed by atoms with E-state index in [2.05, 4.69) is 5.32 Å². The number of para-hydroxylation sites is 2. The van der Waals surface area contributed by atoms with Gasteiger partial charge in [0.25, 0.3) is 17.7 Å². The molecule has 1 heterocycles. The number of nitrogens with zero attached hydrogens (tertiary/aromatic N) is 1. The Labute approximate surface area is 210 Å². The summed E-state index contributed by atoms with van der Waals surface area (Å²) in [4.78, 5) is 39.9. The van der Waals surface area contributed by atoms with Crippen molar-refractivity contribution in [1.82, 2.24) is 0 Å². The second-order valence-corrected chi connectivity index (χ2v) is 8.48. The molecule has 4 rings (SSSR count). The number of nitrogens with one attached hydrogen (secondary N) is 1. The van der Waals surface area contributed by atoms with E-state index in [1.54, 1.807) is 0 Å². The van der Waals surface area contributed by atoms with Gasteiger partial charge in [0, 0.05) is 0 Å². The third-order valence-electron chi connectivity index (χ3n) is 4.97. The standard InChI is InChI=1S/C22H9Cl4F3N2O3/c23-15-13-14(16(24)18(26)17(15)25)21(34)31(20(13)33)12-8-4-1-5-9(12)19(32)30-11-7-3-2-6-10(11)22(27,28)29/h1-8H,(H,30,32). The smallest absolute Gasteiger partial charge is 0.321 e. The topological polar surface area (TPSA) is 66.5 Å². The molecule has 1 N–H and O–H groups in total. The Hall–Kier alpha value is -2.78. The van der Waals surface area contributed by atoms with Gasteiger partial charge in [-0.2, -0.15) is 13.2 Å². The first-order valence-corrected chi connectivity index (χ1v) is 10.8. The van der Waals surface area contributed by atoms with Crippen LogP contribution in [0.4, 0.5) is 24.5 Å². The molecule has 3 aromatic rings. The van der Waals surface area contributed by atoms with E-state index < -0.39 is 35.1 Å². The average molecular weight is 548 g/mol. The third kappa shape index (κ3) is 3.90. The molecule has 0 atom stereocenters. The zero-order valence-corrected chi connectivity index (χ0v) is 19.5. The molecule has 0 saturated heterocycles. The Morgan fingerprint density at radius 3 is 1.82 bits per heavy atom. The third-order valence-corrected chi connectivity index (χ3v) is 6.77. The lowest BCUT2D eigenvalue weighted by molar-refractivity contribution is -0.136. The van der Waals surface area contributed by atoms with Crippen molar-refractivity contribution in [3.05, 3.63) is 90.9 Å². The molecule has 0 aromatic heterocycles. The maximum absolute atomic E-state index is 13.3. The fourth-order valence-corrected chi connectivity index (χ4v) is 4.47. The van der Waals surface area contributed by atoms with Gasteiger partial charge in [-0.05, 0) is 24.3 Å². The lowest BCUT2D eigenvalue weighted by Gasteiger charge is -2.19. The summed E-state index contributed by atoms with van der Waals surface area (Å²) in [6.07, 6.45) is -4.72. The van der Waals surface area contributed by atoms with E-state index in [1.165, 1.54) is 36.4 Å². The minimum Gasteiger partial charge on any atom is -0.321 e. The molecule has 3 aromatic carbocycles. The molecule has 0 fully saturated rings. The molecule has 0 unspecified atom stereocenters. The first-order chi connectivity index (χ1) is 15.9. The highest BCUT2D eigenvalue weighted by Gasteiger charge is 2.43. The predicted molar refractivity (Wildman–Crippen MR) is 123 cm³/mol. The van der Waals surface area contributed by atoms with E-state index in [0.29, 0.717) is 4.90 Å². The summed E-state index contributed by atoms with van der Waals surface area (Å²) in [7, 11) is 0. The molecule has 0 aliphatic carbocycles. The normalized spacial score (nSPS) is 13.3. The van der Waals surface area contributed by atoms with Gasteiger partial charge in [0.05, 0.1) is 53.7 Å². The molecule has 34 heavy (non-hydrogen) atoms. The van der Waals surface area contributed by atoms with Gasteiger partial charge in [-0.3, -0.25) is 14.4 Å². The molecule has 1 aliphatic rings. The van der Waals surface area contributed by atoms with Crippen molar-refractivity contribution in [2.75, 3.05) is 10.2 Å². The maximum atomic E-state index is 13.3. The van der Waals surface area contributed by atoms with Crippen LogP contribution in [-0.2, 0) is 6.18 Å². The van der Waals surface area contributed by atoms with Crippen LogP contribution in [0.25, 0.3) is 0 Å². The predicted octanol–water partition coefficient (Wildman–Crippen LogP) is 7.37. The van der Waals surface area contributed by atoms with Crippen LogP contribution >= 0.6 is 46.4 Å². The zero-order valence-electron chi connectivity index (χ0n) is 16.4. The second-order valence-electron chi connectivity index (χ2n) is 6.97. The van der Waals surface area contributed by atoms with E-state index in [4.69, 9.17) is 46.4 Å². The van der Waals surface area contributed by atoms with Gasteiger partial charge in [0.15, 0.2) is 0 Å². The van der Waals surface area contributed by atoms with E-state index >= 15 is 0 Å². The summed E-state index contributed by atoms with van der Waals surface area (Å²) in [6.45, 7) is 0. The fraction of sp³-hybridized carbons (Fsp3) is 0.0455. The molecule has 12 heteroatoms. The molecule has 0 spiro atoms. The number of rotatable bonds is 3. The largest absolute Gasteiger partial charge is 0.418 e. The van der Waals surface area contributed by atoms with Crippen molar-refractivity contribution < 1.29 is 27.6 Å². The summed E-state index contributed by atoms with van der Waals surface area (Å²) in [5.41, 5.74) is -2.62. The van der Waals surface area contributed by atoms with E-state index in [9.17, 15) is 27.6 Å². The van der Waals surface area contributed by atoms with Gasteiger partial charge >= 0.3 is 6.18 Å². The highest BCUT2D eigenvalue weighted by molar-refractivity contribution is 6.56. The monoisotopic (exact) mass is 546 g/mol. The molecule has 174 valence electrons. The lowest BCUT2D eigenvalue weighted by Crippen LogP contribution is -2.31. The Morgan fingerprint density at radius 2 is 1.26 bits per heavy atom. The summed E-state index contributed by atoms with van der Waals surface area (Å²) in [6, 6.07) is 9.75. The second kappa shape index (κ2) is 8.78. The fourth-order valence-electron chi connectivity index (χ4n) is 3.46. The van der Waals surface area contributed by atoms with E-state index in [-0.39, 0.29) is 42.5 Å². The van der Waals surface area contributed by atoms with E-state index in [1.807, 2.05) is 0 Å². The van der Waals surface area contributed by atoms with Gasteiger partial charge < -0.3 is 5.32 Å². The molecule has 0 bridgehead atoms. The van der Waals surface area contributed by atoms with Gasteiger partial charge in [0.1, 0.15) is 0 Å². The maximum Gasteiger partial charge on any atom is 0.418 e. The number of anilines is 2. The first-order valence-electron chi connectivity index (χ1n) is 9.26. The number of imide groups is 1. The number of hydrogen-bond acceptors (Lipinski definition) is 3. The minimum absolute atomic E-state index is 0.199. The number of carbonyl (C=O) groups excluding carboxylic acids is 3. The van der Waals surface area contributed by atoms with Crippen LogP contribution in [0.3, 0.4) is 0 Å². The van der Waals surface area contributed by atoms with Crippen LogP contribution in [-0.4, -0.2) is 17.7 Å². The van der Waals surface area contributed by atoms with Crippen molar-refractivity contribution in [2.45, 2.75) is 6.18 Å². The van der Waals surface area contributed by atoms with Crippen molar-refractivity contribution in [3.63, 3.8) is 0 Å². The van der Waals surface area contributed by atoms with Crippen LogP contribution in [0, 0.1) is 0 Å². The minimum atomic E-state index is -4.72. The summed E-state index contributed by atoms with van der Waals surface area (Å²) in [5, 5.41) is 1.13. The van der Waals surface area contributed by atoms with Crippen molar-refractivity contribution in [3.8, 4) is 0 Å². The Kier molecular flexibility index (Phi) is 6.29. The van der Waals surface area contributed by atoms with E-state index in [0.717, 1.165) is 12.1 Å². The molecule has 1 aliphatic heterocycles. The van der Waals surface area contributed by atoms with Crippen molar-refractivity contribution >= 4 is 75.5 Å². The number of amides is 3. The highest BCUT2D eigenvalue weighted by Crippen LogP contribution is 2.46. The summed E-state index contributed by atoms with van der Waals surface area (Å²) >= 11 is 24.3. The molecule has 3 amide bonds. The van der Waals surface area contributed by atoms with Gasteiger partial charge in [-0.1, -0.05) is 70.7 Å². The van der Waals surface area contributed by atoms with Crippen molar-refractivity contribution in [2.24, 2.45) is 0 Å². The highest BCUT2D eigenvalue weighted by atomic mass is 35.5. The number of alkyl halides is 3. The molecular weight excluding hydrogens is 539 g/mol. The molecule has 0 saturated carbocycles. The van der Waals surface area contributed by atoms with Crippen LogP contribution in [0.1, 0.15) is 36.6 Å². The lowest BCUT2D eigenvalue weighted by atomic mass is 10.1. The molecular formula is C22H9Cl4F3N2O3. The quantitative estimate of drug-likeness (QED) is 0.211.